The smallest absolute Gasteiger partial charge is 0.338 e. The molecule has 4 rings (SSSR count). The average molecular weight is 448 g/mol. The molecule has 0 radical (unpaired) electrons. The van der Waals surface area contributed by atoms with E-state index in [-0.39, 0.29) is 35.1 Å². The maximum absolute atomic E-state index is 12.9. The second-order valence-corrected chi connectivity index (χ2v) is 8.07. The minimum atomic E-state index is -0.687. The number of ether oxygens (including phenoxy) is 2. The van der Waals surface area contributed by atoms with Crippen LogP contribution in [0.2, 0.25) is 0 Å². The number of anilines is 2. The zero-order chi connectivity index (χ0) is 23.5. The van der Waals surface area contributed by atoms with Gasteiger partial charge in [0.15, 0.2) is 6.61 Å². The third-order valence-corrected chi connectivity index (χ3v) is 5.92. The molecule has 0 saturated carbocycles. The van der Waals surface area contributed by atoms with Gasteiger partial charge in [0.05, 0.1) is 30.2 Å². The normalized spacial score (nSPS) is 21.5. The lowest BCUT2D eigenvalue weighted by atomic mass is 9.78. The minimum Gasteiger partial charge on any atom is -0.497 e. The summed E-state index contributed by atoms with van der Waals surface area (Å²) in [5.74, 6) is -1.72. The lowest BCUT2D eigenvalue weighted by Crippen LogP contribution is -2.31. The first kappa shape index (κ1) is 22.3. The third kappa shape index (κ3) is 4.50. The Morgan fingerprint density at radius 1 is 1.09 bits per heavy atom. The Labute approximate surface area is 191 Å². The van der Waals surface area contributed by atoms with Crippen molar-refractivity contribution >= 4 is 35.1 Å². The summed E-state index contributed by atoms with van der Waals surface area (Å²) in [6.45, 7) is 1.47. The number of rotatable bonds is 6. The van der Waals surface area contributed by atoms with E-state index in [1.165, 1.54) is 36.3 Å². The minimum absolute atomic E-state index is 0.00238. The van der Waals surface area contributed by atoms with Gasteiger partial charge in [0.2, 0.25) is 11.8 Å². The summed E-state index contributed by atoms with van der Waals surface area (Å²) in [6.07, 6.45) is 4.47. The van der Waals surface area contributed by atoms with Crippen molar-refractivity contribution in [2.75, 3.05) is 23.9 Å². The summed E-state index contributed by atoms with van der Waals surface area (Å²) < 4.78 is 10.2. The third-order valence-electron chi connectivity index (χ3n) is 5.92. The maximum Gasteiger partial charge on any atom is 0.338 e. The predicted octanol–water partition coefficient (Wildman–Crippen LogP) is 3.19. The zero-order valence-electron chi connectivity index (χ0n) is 18.3. The summed E-state index contributed by atoms with van der Waals surface area (Å²) in [6, 6.07) is 12.8. The molecule has 0 unspecified atom stereocenters. The molecule has 1 fully saturated rings. The largest absolute Gasteiger partial charge is 0.497 e. The van der Waals surface area contributed by atoms with Crippen LogP contribution in [-0.4, -0.2) is 37.4 Å². The molecule has 0 aromatic heterocycles. The molecule has 3 atom stereocenters. The topological polar surface area (TPSA) is 102 Å². The van der Waals surface area contributed by atoms with Crippen LogP contribution in [0.3, 0.4) is 0 Å². The van der Waals surface area contributed by atoms with Gasteiger partial charge in [-0.15, -0.1) is 0 Å². The number of nitrogens with zero attached hydrogens (tertiary/aromatic N) is 1. The van der Waals surface area contributed by atoms with E-state index in [2.05, 4.69) is 5.32 Å². The summed E-state index contributed by atoms with van der Waals surface area (Å²) in [4.78, 5) is 51.3. The first-order valence-electron chi connectivity index (χ1n) is 10.6. The number of carbonyl (C=O) groups excluding carboxylic acids is 4. The number of allylic oxidation sites excluding steroid dienone is 2. The fourth-order valence-corrected chi connectivity index (χ4v) is 4.26. The Morgan fingerprint density at radius 2 is 1.85 bits per heavy atom. The van der Waals surface area contributed by atoms with Crippen molar-refractivity contribution in [2.45, 2.75) is 13.3 Å². The van der Waals surface area contributed by atoms with Crippen LogP contribution in [0.25, 0.3) is 0 Å². The fourth-order valence-electron chi connectivity index (χ4n) is 4.26. The Bertz CT molecular complexity index is 1120. The molecule has 170 valence electrons. The van der Waals surface area contributed by atoms with Crippen LogP contribution in [0.1, 0.15) is 23.7 Å². The number of hydrogen-bond acceptors (Lipinski definition) is 6. The first-order chi connectivity index (χ1) is 15.9. The first-order valence-corrected chi connectivity index (χ1v) is 10.6. The molecule has 8 nitrogen and oxygen atoms in total. The number of hydrogen-bond donors (Lipinski definition) is 1. The number of amides is 3. The number of carbonyl (C=O) groups is 4. The van der Waals surface area contributed by atoms with Crippen LogP contribution in [0.4, 0.5) is 11.4 Å². The molecule has 33 heavy (non-hydrogen) atoms. The predicted molar refractivity (Wildman–Crippen MR) is 121 cm³/mol. The molecule has 8 heteroatoms. The standard InChI is InChI=1S/C25H24N2O6/c1-15-5-3-8-20-22(15)24(30)27(23(20)29)18-11-9-16(10-12-18)25(31)33-14-21(28)26-17-6-4-7-19(13-17)32-2/h3-7,9-13,15,20,22H,8,14H2,1-2H3,(H,26,28)/t15-,20-,22-/m1/s1. The van der Waals surface area contributed by atoms with E-state index in [9.17, 15) is 19.2 Å². The van der Waals surface area contributed by atoms with Gasteiger partial charge in [0, 0.05) is 11.8 Å². The number of esters is 1. The van der Waals surface area contributed by atoms with E-state index in [0.29, 0.717) is 23.5 Å². The van der Waals surface area contributed by atoms with Crippen LogP contribution >= 0.6 is 0 Å². The van der Waals surface area contributed by atoms with Gasteiger partial charge in [-0.25, -0.2) is 4.79 Å². The summed E-state index contributed by atoms with van der Waals surface area (Å²) >= 11 is 0. The van der Waals surface area contributed by atoms with Gasteiger partial charge in [-0.2, -0.15) is 0 Å². The molecule has 2 aromatic rings. The van der Waals surface area contributed by atoms with Crippen molar-refractivity contribution in [1.82, 2.24) is 0 Å². The van der Waals surface area contributed by atoms with E-state index in [4.69, 9.17) is 9.47 Å². The van der Waals surface area contributed by atoms with Gasteiger partial charge >= 0.3 is 5.97 Å². The van der Waals surface area contributed by atoms with Gasteiger partial charge < -0.3 is 14.8 Å². The highest BCUT2D eigenvalue weighted by molar-refractivity contribution is 6.22. The second-order valence-electron chi connectivity index (χ2n) is 8.07. The highest BCUT2D eigenvalue weighted by atomic mass is 16.5. The number of imide groups is 1. The molecular formula is C25H24N2O6. The number of nitrogens with one attached hydrogen (secondary N) is 1. The highest BCUT2D eigenvalue weighted by Crippen LogP contribution is 2.40. The van der Waals surface area contributed by atoms with Crippen molar-refractivity contribution < 1.29 is 28.7 Å². The molecule has 0 bridgehead atoms. The van der Waals surface area contributed by atoms with Crippen molar-refractivity contribution in [3.05, 3.63) is 66.2 Å². The lowest BCUT2D eigenvalue weighted by molar-refractivity contribution is -0.123. The van der Waals surface area contributed by atoms with Crippen LogP contribution in [-0.2, 0) is 19.1 Å². The zero-order valence-corrected chi connectivity index (χ0v) is 18.3. The Kier molecular flexibility index (Phi) is 6.26. The molecule has 1 aliphatic heterocycles. The maximum atomic E-state index is 12.9. The molecule has 2 aromatic carbocycles. The molecule has 1 aliphatic carbocycles. The van der Waals surface area contributed by atoms with Crippen molar-refractivity contribution in [1.29, 1.82) is 0 Å². The summed E-state index contributed by atoms with van der Waals surface area (Å²) in [5.41, 5.74) is 1.14. The van der Waals surface area contributed by atoms with Crippen LogP contribution in [0, 0.1) is 17.8 Å². The molecule has 0 spiro atoms. The van der Waals surface area contributed by atoms with E-state index in [0.717, 1.165) is 0 Å². The monoisotopic (exact) mass is 448 g/mol. The van der Waals surface area contributed by atoms with Crippen molar-refractivity contribution in [3.63, 3.8) is 0 Å². The van der Waals surface area contributed by atoms with Crippen LogP contribution in [0.15, 0.2) is 60.7 Å². The molecule has 1 heterocycles. The van der Waals surface area contributed by atoms with Gasteiger partial charge in [-0.3, -0.25) is 19.3 Å². The Morgan fingerprint density at radius 3 is 2.55 bits per heavy atom. The van der Waals surface area contributed by atoms with Gasteiger partial charge in [0.25, 0.3) is 5.91 Å². The van der Waals surface area contributed by atoms with Crippen LogP contribution < -0.4 is 15.0 Å². The Hall–Kier alpha value is -3.94. The van der Waals surface area contributed by atoms with E-state index in [1.807, 2.05) is 19.1 Å². The molecule has 3 amide bonds. The summed E-state index contributed by atoms with van der Waals surface area (Å²) in [7, 11) is 1.52. The highest BCUT2D eigenvalue weighted by Gasteiger charge is 2.50. The van der Waals surface area contributed by atoms with Gasteiger partial charge in [-0.05, 0) is 48.7 Å². The molecular weight excluding hydrogens is 424 g/mol. The molecule has 1 saturated heterocycles. The molecule has 2 aliphatic rings. The lowest BCUT2D eigenvalue weighted by Gasteiger charge is -2.22. The van der Waals surface area contributed by atoms with Gasteiger partial charge in [-0.1, -0.05) is 25.1 Å². The van der Waals surface area contributed by atoms with Crippen molar-refractivity contribution in [3.8, 4) is 5.75 Å². The van der Waals surface area contributed by atoms with E-state index < -0.39 is 18.5 Å². The SMILES string of the molecule is COc1cccc(NC(=O)COC(=O)c2ccc(N3C(=O)[C@@H]4[C@H](C)C=CC[C@H]4C3=O)cc2)c1. The number of fused-ring (bicyclic) bond motifs is 1. The molecule has 1 N–H and O–H groups in total. The fraction of sp³-hybridized carbons (Fsp3) is 0.280. The quantitative estimate of drug-likeness (QED) is 0.414. The van der Waals surface area contributed by atoms with E-state index >= 15 is 0 Å². The summed E-state index contributed by atoms with van der Waals surface area (Å²) in [5, 5.41) is 2.62. The number of methoxy groups -OCH3 is 1. The van der Waals surface area contributed by atoms with Gasteiger partial charge in [0.1, 0.15) is 5.75 Å². The van der Waals surface area contributed by atoms with E-state index in [1.54, 1.807) is 24.3 Å². The second kappa shape index (κ2) is 9.28. The van der Waals surface area contributed by atoms with Crippen molar-refractivity contribution in [2.24, 2.45) is 17.8 Å². The van der Waals surface area contributed by atoms with Crippen LogP contribution in [0.5, 0.6) is 5.75 Å². The average Bonchev–Trinajstić information content (AvgIpc) is 3.08. The Balaban J connectivity index is 1.36. The number of benzene rings is 2.